The number of nitrogens with one attached hydrogen (secondary N) is 1. The van der Waals surface area contributed by atoms with Gasteiger partial charge >= 0.3 is 0 Å². The summed E-state index contributed by atoms with van der Waals surface area (Å²) >= 11 is 0. The maximum atomic E-state index is 4.81. The standard InChI is InChI=1S/C17H26N4/c1-7-15-12(4)20-21(13(15)5)17-9-14(10-18-6)8-16(19-17)11(2)3/h8-9,11,18H,7,10H2,1-6H3. The van der Waals surface area contributed by atoms with Gasteiger partial charge in [-0.1, -0.05) is 20.8 Å². The van der Waals surface area contributed by atoms with Gasteiger partial charge in [-0.15, -0.1) is 0 Å². The molecule has 0 radical (unpaired) electrons. The van der Waals surface area contributed by atoms with Crippen molar-refractivity contribution >= 4 is 0 Å². The van der Waals surface area contributed by atoms with E-state index in [9.17, 15) is 0 Å². The highest BCUT2D eigenvalue weighted by molar-refractivity contribution is 5.36. The molecule has 114 valence electrons. The minimum Gasteiger partial charge on any atom is -0.316 e. The summed E-state index contributed by atoms with van der Waals surface area (Å²) in [5.41, 5.74) is 5.97. The lowest BCUT2D eigenvalue weighted by atomic mass is 10.1. The number of nitrogens with zero attached hydrogens (tertiary/aromatic N) is 3. The quantitative estimate of drug-likeness (QED) is 0.917. The minimum atomic E-state index is 0.406. The summed E-state index contributed by atoms with van der Waals surface area (Å²) in [7, 11) is 1.97. The molecule has 0 aliphatic carbocycles. The first kappa shape index (κ1) is 15.7. The number of rotatable bonds is 5. The summed E-state index contributed by atoms with van der Waals surface area (Å²) in [6.07, 6.45) is 1.00. The van der Waals surface area contributed by atoms with Crippen LogP contribution in [0, 0.1) is 13.8 Å². The number of pyridine rings is 1. The van der Waals surface area contributed by atoms with Gasteiger partial charge in [-0.2, -0.15) is 5.10 Å². The van der Waals surface area contributed by atoms with Crippen LogP contribution in [0.3, 0.4) is 0 Å². The first-order valence-corrected chi connectivity index (χ1v) is 7.68. The molecule has 1 N–H and O–H groups in total. The molecule has 2 aromatic rings. The van der Waals surface area contributed by atoms with Gasteiger partial charge < -0.3 is 5.32 Å². The highest BCUT2D eigenvalue weighted by atomic mass is 15.3. The fourth-order valence-electron chi connectivity index (χ4n) is 2.71. The van der Waals surface area contributed by atoms with Crippen molar-refractivity contribution in [2.24, 2.45) is 0 Å². The van der Waals surface area contributed by atoms with E-state index in [0.29, 0.717) is 5.92 Å². The highest BCUT2D eigenvalue weighted by Crippen LogP contribution is 2.21. The van der Waals surface area contributed by atoms with E-state index in [1.165, 1.54) is 16.8 Å². The zero-order valence-corrected chi connectivity index (χ0v) is 14.0. The minimum absolute atomic E-state index is 0.406. The van der Waals surface area contributed by atoms with Crippen molar-refractivity contribution in [2.45, 2.75) is 53.5 Å². The SMILES string of the molecule is CCc1c(C)nn(-c2cc(CNC)cc(C(C)C)n2)c1C. The van der Waals surface area contributed by atoms with E-state index >= 15 is 0 Å². The van der Waals surface area contributed by atoms with Crippen LogP contribution in [0.5, 0.6) is 0 Å². The Labute approximate surface area is 127 Å². The van der Waals surface area contributed by atoms with Crippen LogP contribution in [-0.4, -0.2) is 21.8 Å². The smallest absolute Gasteiger partial charge is 0.154 e. The monoisotopic (exact) mass is 286 g/mol. The van der Waals surface area contributed by atoms with Crippen molar-refractivity contribution in [3.05, 3.63) is 40.3 Å². The molecule has 0 aliphatic rings. The van der Waals surface area contributed by atoms with E-state index in [0.717, 1.165) is 30.2 Å². The summed E-state index contributed by atoms with van der Waals surface area (Å²) < 4.78 is 1.99. The number of aromatic nitrogens is 3. The fraction of sp³-hybridized carbons (Fsp3) is 0.529. The maximum Gasteiger partial charge on any atom is 0.154 e. The Bertz CT molecular complexity index is 626. The predicted octanol–water partition coefficient (Wildman–Crippen LogP) is 3.29. The average Bonchev–Trinajstić information content (AvgIpc) is 2.73. The van der Waals surface area contributed by atoms with E-state index in [-0.39, 0.29) is 0 Å². The van der Waals surface area contributed by atoms with Gasteiger partial charge in [0.1, 0.15) is 0 Å². The normalized spacial score (nSPS) is 11.4. The third-order valence-electron chi connectivity index (χ3n) is 3.88. The van der Waals surface area contributed by atoms with Crippen LogP contribution < -0.4 is 5.32 Å². The Hall–Kier alpha value is -1.68. The van der Waals surface area contributed by atoms with E-state index in [2.05, 4.69) is 57.2 Å². The fourth-order valence-corrected chi connectivity index (χ4v) is 2.71. The van der Waals surface area contributed by atoms with Crippen LogP contribution >= 0.6 is 0 Å². The zero-order chi connectivity index (χ0) is 15.6. The third kappa shape index (κ3) is 3.16. The van der Waals surface area contributed by atoms with E-state index in [1.807, 2.05) is 11.7 Å². The third-order valence-corrected chi connectivity index (χ3v) is 3.88. The summed E-state index contributed by atoms with van der Waals surface area (Å²) in [6, 6.07) is 4.30. The summed E-state index contributed by atoms with van der Waals surface area (Å²) in [5.74, 6) is 1.33. The Morgan fingerprint density at radius 2 is 1.95 bits per heavy atom. The number of hydrogen-bond donors (Lipinski definition) is 1. The van der Waals surface area contributed by atoms with Crippen molar-refractivity contribution in [1.82, 2.24) is 20.1 Å². The molecule has 21 heavy (non-hydrogen) atoms. The predicted molar refractivity (Wildman–Crippen MR) is 87.1 cm³/mol. The lowest BCUT2D eigenvalue weighted by Crippen LogP contribution is -2.10. The first-order valence-electron chi connectivity index (χ1n) is 7.68. The van der Waals surface area contributed by atoms with Gasteiger partial charge in [-0.05, 0) is 56.5 Å². The molecule has 4 heteroatoms. The summed E-state index contributed by atoms with van der Waals surface area (Å²) in [4.78, 5) is 4.81. The maximum absolute atomic E-state index is 4.81. The molecule has 0 fully saturated rings. The molecule has 0 atom stereocenters. The van der Waals surface area contributed by atoms with Crippen molar-refractivity contribution in [3.63, 3.8) is 0 Å². The van der Waals surface area contributed by atoms with Gasteiger partial charge in [-0.25, -0.2) is 9.67 Å². The molecular weight excluding hydrogens is 260 g/mol. The van der Waals surface area contributed by atoms with Crippen molar-refractivity contribution in [2.75, 3.05) is 7.05 Å². The summed E-state index contributed by atoms with van der Waals surface area (Å²) in [5, 5.41) is 7.90. The molecule has 0 amide bonds. The van der Waals surface area contributed by atoms with E-state index in [4.69, 9.17) is 4.98 Å². The van der Waals surface area contributed by atoms with Crippen molar-refractivity contribution in [3.8, 4) is 5.82 Å². The first-order chi connectivity index (χ1) is 9.97. The molecular formula is C17H26N4. The molecule has 0 saturated carbocycles. The van der Waals surface area contributed by atoms with Crippen molar-refractivity contribution < 1.29 is 0 Å². The van der Waals surface area contributed by atoms with Crippen LogP contribution in [0.25, 0.3) is 5.82 Å². The molecule has 2 aromatic heterocycles. The Kier molecular flexibility index (Phi) is 4.78. The second-order valence-electron chi connectivity index (χ2n) is 5.86. The van der Waals surface area contributed by atoms with Gasteiger partial charge in [0.05, 0.1) is 5.69 Å². The second kappa shape index (κ2) is 6.39. The number of aryl methyl sites for hydroxylation is 1. The topological polar surface area (TPSA) is 42.7 Å². The molecule has 2 rings (SSSR count). The molecule has 4 nitrogen and oxygen atoms in total. The molecule has 0 aromatic carbocycles. The van der Waals surface area contributed by atoms with Crippen LogP contribution in [-0.2, 0) is 13.0 Å². The number of hydrogen-bond acceptors (Lipinski definition) is 3. The van der Waals surface area contributed by atoms with Crippen LogP contribution in [0.15, 0.2) is 12.1 Å². The largest absolute Gasteiger partial charge is 0.316 e. The van der Waals surface area contributed by atoms with Crippen molar-refractivity contribution in [1.29, 1.82) is 0 Å². The van der Waals surface area contributed by atoms with E-state index in [1.54, 1.807) is 0 Å². The Morgan fingerprint density at radius 3 is 2.48 bits per heavy atom. The lowest BCUT2D eigenvalue weighted by Gasteiger charge is -2.12. The van der Waals surface area contributed by atoms with Crippen LogP contribution in [0.1, 0.15) is 54.9 Å². The second-order valence-corrected chi connectivity index (χ2v) is 5.86. The molecule has 0 bridgehead atoms. The Balaban J connectivity index is 2.57. The Morgan fingerprint density at radius 1 is 1.24 bits per heavy atom. The molecule has 2 heterocycles. The van der Waals surface area contributed by atoms with Gasteiger partial charge in [0.2, 0.25) is 0 Å². The summed E-state index contributed by atoms with van der Waals surface area (Å²) in [6.45, 7) is 11.6. The van der Waals surface area contributed by atoms with E-state index < -0.39 is 0 Å². The molecule has 0 saturated heterocycles. The average molecular weight is 286 g/mol. The van der Waals surface area contributed by atoms with Gasteiger partial charge in [0.25, 0.3) is 0 Å². The molecule has 0 spiro atoms. The van der Waals surface area contributed by atoms with Crippen LogP contribution in [0.2, 0.25) is 0 Å². The molecule has 0 aliphatic heterocycles. The van der Waals surface area contributed by atoms with Gasteiger partial charge in [0, 0.05) is 17.9 Å². The van der Waals surface area contributed by atoms with Gasteiger partial charge in [0.15, 0.2) is 5.82 Å². The molecule has 0 unspecified atom stereocenters. The van der Waals surface area contributed by atoms with Gasteiger partial charge in [-0.3, -0.25) is 0 Å². The zero-order valence-electron chi connectivity index (χ0n) is 14.0. The van der Waals surface area contributed by atoms with Crippen LogP contribution in [0.4, 0.5) is 0 Å². The lowest BCUT2D eigenvalue weighted by molar-refractivity contribution is 0.748. The highest BCUT2D eigenvalue weighted by Gasteiger charge is 2.14.